The summed E-state index contributed by atoms with van der Waals surface area (Å²) in [5.41, 5.74) is 1.18. The van der Waals surface area contributed by atoms with Crippen LogP contribution in [0.2, 0.25) is 0 Å². The van der Waals surface area contributed by atoms with Crippen LogP contribution in [0, 0.1) is 5.92 Å². The number of hydrazone groups is 1. The second kappa shape index (κ2) is 2.97. The van der Waals surface area contributed by atoms with Gasteiger partial charge >= 0.3 is 0 Å². The van der Waals surface area contributed by atoms with E-state index in [2.05, 4.69) is 24.2 Å². The molecule has 1 aliphatic rings. The molecule has 1 aromatic carbocycles. The van der Waals surface area contributed by atoms with Gasteiger partial charge in [0.1, 0.15) is 0 Å². The van der Waals surface area contributed by atoms with Crippen LogP contribution in [0.5, 0.6) is 0 Å². The van der Waals surface area contributed by atoms with Gasteiger partial charge in [0.25, 0.3) is 0 Å². The van der Waals surface area contributed by atoms with Crippen LogP contribution in [0.25, 0.3) is 0 Å². The number of para-hydroxylation sites is 1. The molecule has 0 radical (unpaired) electrons. The lowest BCUT2D eigenvalue weighted by molar-refractivity contribution is 0.781. The molecule has 0 amide bonds. The second-order valence-electron chi connectivity index (χ2n) is 3.16. The van der Waals surface area contributed by atoms with Crippen molar-refractivity contribution >= 4 is 11.9 Å². The molecule has 62 valence electrons. The summed E-state index contributed by atoms with van der Waals surface area (Å²) < 4.78 is 0. The normalized spacial score (nSPS) is 21.8. The van der Waals surface area contributed by atoms with Gasteiger partial charge in [-0.05, 0) is 12.1 Å². The fourth-order valence-corrected chi connectivity index (χ4v) is 1.33. The van der Waals surface area contributed by atoms with Gasteiger partial charge < -0.3 is 0 Å². The Balaban J connectivity index is 2.18. The van der Waals surface area contributed by atoms with Crippen LogP contribution in [0.3, 0.4) is 0 Å². The van der Waals surface area contributed by atoms with Gasteiger partial charge in [-0.25, -0.2) is 0 Å². The van der Waals surface area contributed by atoms with Gasteiger partial charge in [-0.1, -0.05) is 25.1 Å². The number of nitrogens with zero attached hydrogens (tertiary/aromatic N) is 2. The summed E-state index contributed by atoms with van der Waals surface area (Å²) >= 11 is 0. The molecule has 2 rings (SSSR count). The first-order valence-corrected chi connectivity index (χ1v) is 4.23. The van der Waals surface area contributed by atoms with Crippen molar-refractivity contribution in [3.8, 4) is 0 Å². The van der Waals surface area contributed by atoms with Crippen LogP contribution in [-0.4, -0.2) is 12.8 Å². The summed E-state index contributed by atoms with van der Waals surface area (Å²) in [4.78, 5) is 0. The first kappa shape index (κ1) is 7.35. The van der Waals surface area contributed by atoms with Gasteiger partial charge in [0.2, 0.25) is 0 Å². The lowest BCUT2D eigenvalue weighted by atomic mass is 10.2. The molecule has 1 aromatic rings. The van der Waals surface area contributed by atoms with Crippen molar-refractivity contribution in [3.05, 3.63) is 30.3 Å². The van der Waals surface area contributed by atoms with E-state index in [9.17, 15) is 0 Å². The highest BCUT2D eigenvalue weighted by molar-refractivity contribution is 5.67. The van der Waals surface area contributed by atoms with E-state index in [1.807, 2.05) is 29.4 Å². The Morgan fingerprint density at radius 3 is 2.67 bits per heavy atom. The maximum absolute atomic E-state index is 4.30. The van der Waals surface area contributed by atoms with E-state index >= 15 is 0 Å². The Labute approximate surface area is 72.5 Å². The van der Waals surface area contributed by atoms with E-state index in [0.717, 1.165) is 6.54 Å². The Morgan fingerprint density at radius 1 is 1.33 bits per heavy atom. The molecule has 0 spiro atoms. The first-order chi connectivity index (χ1) is 5.86. The first-order valence-electron chi connectivity index (χ1n) is 4.23. The molecule has 0 N–H and O–H groups in total. The number of hydrogen-bond donors (Lipinski definition) is 0. The van der Waals surface area contributed by atoms with E-state index in [4.69, 9.17) is 0 Å². The lowest BCUT2D eigenvalue weighted by Gasteiger charge is -2.13. The van der Waals surface area contributed by atoms with Crippen molar-refractivity contribution < 1.29 is 0 Å². The number of anilines is 1. The molecule has 0 aliphatic carbocycles. The zero-order chi connectivity index (χ0) is 8.39. The lowest BCUT2D eigenvalue weighted by Crippen LogP contribution is -2.15. The van der Waals surface area contributed by atoms with Gasteiger partial charge in [0.05, 0.1) is 5.69 Å². The SMILES string of the molecule is CC1C=NN(c2ccccc2)C1. The van der Waals surface area contributed by atoms with Crippen molar-refractivity contribution in [2.24, 2.45) is 11.0 Å². The minimum Gasteiger partial charge on any atom is -0.265 e. The fourth-order valence-electron chi connectivity index (χ4n) is 1.33. The molecule has 0 bridgehead atoms. The minimum absolute atomic E-state index is 0.574. The molecule has 1 aliphatic heterocycles. The van der Waals surface area contributed by atoms with E-state index in [1.165, 1.54) is 5.69 Å². The molecule has 0 fully saturated rings. The topological polar surface area (TPSA) is 15.6 Å². The molecule has 0 aromatic heterocycles. The standard InChI is InChI=1S/C10H12N2/c1-9-7-11-12(8-9)10-5-3-2-4-6-10/h2-7,9H,8H2,1H3. The molecule has 12 heavy (non-hydrogen) atoms. The average Bonchev–Trinajstić information content (AvgIpc) is 2.54. The number of benzene rings is 1. The third-order valence-corrected chi connectivity index (χ3v) is 1.98. The smallest absolute Gasteiger partial charge is 0.0594 e. The molecule has 1 heterocycles. The molecule has 2 nitrogen and oxygen atoms in total. The molecule has 0 saturated carbocycles. The number of rotatable bonds is 1. The summed E-state index contributed by atoms with van der Waals surface area (Å²) in [5, 5.41) is 6.33. The van der Waals surface area contributed by atoms with Gasteiger partial charge in [0.15, 0.2) is 0 Å². The third-order valence-electron chi connectivity index (χ3n) is 1.98. The highest BCUT2D eigenvalue weighted by Gasteiger charge is 2.13. The molecular weight excluding hydrogens is 148 g/mol. The van der Waals surface area contributed by atoms with Crippen LogP contribution in [0.15, 0.2) is 35.4 Å². The predicted molar refractivity (Wildman–Crippen MR) is 51.4 cm³/mol. The van der Waals surface area contributed by atoms with Crippen LogP contribution in [0.4, 0.5) is 5.69 Å². The Morgan fingerprint density at radius 2 is 2.08 bits per heavy atom. The minimum atomic E-state index is 0.574. The maximum Gasteiger partial charge on any atom is 0.0594 e. The Kier molecular flexibility index (Phi) is 1.82. The van der Waals surface area contributed by atoms with Crippen molar-refractivity contribution in [2.75, 3.05) is 11.6 Å². The van der Waals surface area contributed by atoms with Gasteiger partial charge in [-0.2, -0.15) is 5.10 Å². The van der Waals surface area contributed by atoms with Crippen LogP contribution in [0.1, 0.15) is 6.92 Å². The monoisotopic (exact) mass is 160 g/mol. The maximum atomic E-state index is 4.30. The van der Waals surface area contributed by atoms with Crippen molar-refractivity contribution in [1.29, 1.82) is 0 Å². The van der Waals surface area contributed by atoms with Gasteiger partial charge in [-0.3, -0.25) is 5.01 Å². The van der Waals surface area contributed by atoms with Gasteiger partial charge in [0, 0.05) is 18.7 Å². The average molecular weight is 160 g/mol. The van der Waals surface area contributed by atoms with Crippen LogP contribution in [-0.2, 0) is 0 Å². The molecule has 1 unspecified atom stereocenters. The highest BCUT2D eigenvalue weighted by atomic mass is 15.5. The zero-order valence-corrected chi connectivity index (χ0v) is 7.14. The largest absolute Gasteiger partial charge is 0.265 e. The summed E-state index contributed by atoms with van der Waals surface area (Å²) in [6.45, 7) is 3.18. The van der Waals surface area contributed by atoms with Crippen LogP contribution < -0.4 is 5.01 Å². The van der Waals surface area contributed by atoms with Crippen molar-refractivity contribution in [3.63, 3.8) is 0 Å². The van der Waals surface area contributed by atoms with Gasteiger partial charge in [-0.15, -0.1) is 0 Å². The molecular formula is C10H12N2. The van der Waals surface area contributed by atoms with E-state index in [-0.39, 0.29) is 0 Å². The molecule has 1 atom stereocenters. The second-order valence-corrected chi connectivity index (χ2v) is 3.16. The molecule has 0 saturated heterocycles. The quantitative estimate of drug-likeness (QED) is 0.614. The van der Waals surface area contributed by atoms with Crippen LogP contribution >= 0.6 is 0 Å². The third kappa shape index (κ3) is 1.33. The summed E-state index contributed by atoms with van der Waals surface area (Å²) in [5.74, 6) is 0.574. The number of hydrogen-bond acceptors (Lipinski definition) is 2. The Bertz CT molecular complexity index is 279. The fraction of sp³-hybridized carbons (Fsp3) is 0.300. The zero-order valence-electron chi connectivity index (χ0n) is 7.14. The van der Waals surface area contributed by atoms with E-state index in [1.54, 1.807) is 0 Å². The summed E-state index contributed by atoms with van der Waals surface area (Å²) in [7, 11) is 0. The highest BCUT2D eigenvalue weighted by Crippen LogP contribution is 2.18. The molecule has 2 heteroatoms. The van der Waals surface area contributed by atoms with Crippen molar-refractivity contribution in [2.45, 2.75) is 6.92 Å². The van der Waals surface area contributed by atoms with E-state index in [0.29, 0.717) is 5.92 Å². The van der Waals surface area contributed by atoms with Crippen molar-refractivity contribution in [1.82, 2.24) is 0 Å². The summed E-state index contributed by atoms with van der Waals surface area (Å²) in [6.07, 6.45) is 1.99. The van der Waals surface area contributed by atoms with E-state index < -0.39 is 0 Å². The Hall–Kier alpha value is -1.31. The summed E-state index contributed by atoms with van der Waals surface area (Å²) in [6, 6.07) is 10.2. The predicted octanol–water partition coefficient (Wildman–Crippen LogP) is 2.13.